The first-order valence-corrected chi connectivity index (χ1v) is 7.97. The highest BCUT2D eigenvalue weighted by Crippen LogP contribution is 2.20. The summed E-state index contributed by atoms with van der Waals surface area (Å²) in [5.74, 6) is 1.55. The van der Waals surface area contributed by atoms with Crippen molar-refractivity contribution in [2.45, 2.75) is 46.6 Å². The van der Waals surface area contributed by atoms with E-state index in [0.717, 1.165) is 24.4 Å². The highest BCUT2D eigenvalue weighted by molar-refractivity contribution is 5.91. The van der Waals surface area contributed by atoms with Crippen LogP contribution >= 0.6 is 0 Å². The summed E-state index contributed by atoms with van der Waals surface area (Å²) in [6, 6.07) is 1.49. The van der Waals surface area contributed by atoms with Crippen LogP contribution in [0.5, 0.6) is 0 Å². The molecule has 0 saturated heterocycles. The Balaban J connectivity index is 2.11. The molecule has 126 valence electrons. The van der Waals surface area contributed by atoms with Gasteiger partial charge in [-0.25, -0.2) is 4.98 Å². The number of carbonyl (C=O) groups excluding carboxylic acids is 1. The Morgan fingerprint density at radius 3 is 2.61 bits per heavy atom. The number of carbonyl (C=O) groups is 1. The number of hydrogen-bond donors (Lipinski definition) is 1. The summed E-state index contributed by atoms with van der Waals surface area (Å²) in [7, 11) is 1.82. The fourth-order valence-corrected chi connectivity index (χ4v) is 2.48. The highest BCUT2D eigenvalue weighted by Gasteiger charge is 2.23. The third kappa shape index (κ3) is 4.64. The van der Waals surface area contributed by atoms with Crippen LogP contribution in [0.3, 0.4) is 0 Å². The van der Waals surface area contributed by atoms with Gasteiger partial charge in [0.05, 0.1) is 11.7 Å². The minimum absolute atomic E-state index is 0.214. The van der Waals surface area contributed by atoms with Crippen molar-refractivity contribution < 1.29 is 9.32 Å². The van der Waals surface area contributed by atoms with Gasteiger partial charge in [-0.05, 0) is 24.7 Å². The number of aryl methyl sites for hydroxylation is 1. The zero-order valence-electron chi connectivity index (χ0n) is 14.4. The summed E-state index contributed by atoms with van der Waals surface area (Å²) in [6.45, 7) is 8.40. The Morgan fingerprint density at radius 1 is 1.30 bits per heavy atom. The van der Waals surface area contributed by atoms with E-state index in [1.165, 1.54) is 6.33 Å². The van der Waals surface area contributed by atoms with Gasteiger partial charge in [-0.2, -0.15) is 5.10 Å². The largest absolute Gasteiger partial charge is 0.351 e. The predicted octanol–water partition coefficient (Wildman–Crippen LogP) is 2.52. The van der Waals surface area contributed by atoms with E-state index in [0.29, 0.717) is 11.8 Å². The summed E-state index contributed by atoms with van der Waals surface area (Å²) in [5, 5.41) is 11.0. The second-order valence-corrected chi connectivity index (χ2v) is 6.68. The Labute approximate surface area is 136 Å². The zero-order valence-corrected chi connectivity index (χ0v) is 14.4. The first-order chi connectivity index (χ1) is 10.9. The van der Waals surface area contributed by atoms with E-state index in [2.05, 4.69) is 48.3 Å². The average molecular weight is 319 g/mol. The lowest BCUT2D eigenvalue weighted by Gasteiger charge is -2.19. The van der Waals surface area contributed by atoms with Crippen molar-refractivity contribution in [1.82, 2.24) is 25.2 Å². The van der Waals surface area contributed by atoms with Crippen LogP contribution in [0, 0.1) is 11.8 Å². The van der Waals surface area contributed by atoms with Crippen LogP contribution in [-0.2, 0) is 13.5 Å². The molecule has 0 fully saturated rings. The van der Waals surface area contributed by atoms with Crippen LogP contribution in [0.4, 0.5) is 0 Å². The number of rotatable bonds is 7. The smallest absolute Gasteiger partial charge is 0.290 e. The molecule has 23 heavy (non-hydrogen) atoms. The molecule has 0 bridgehead atoms. The van der Waals surface area contributed by atoms with E-state index >= 15 is 0 Å². The summed E-state index contributed by atoms with van der Waals surface area (Å²) < 4.78 is 6.85. The lowest BCUT2D eigenvalue weighted by molar-refractivity contribution is 0.0891. The molecule has 2 rings (SSSR count). The monoisotopic (exact) mass is 319 g/mol. The molecule has 2 aromatic rings. The maximum atomic E-state index is 12.4. The fraction of sp³-hybridized carbons (Fsp3) is 0.625. The molecule has 2 aromatic heterocycles. The topological polar surface area (TPSA) is 85.8 Å². The minimum atomic E-state index is -0.277. The molecule has 2 heterocycles. The van der Waals surface area contributed by atoms with E-state index in [-0.39, 0.29) is 17.7 Å². The lowest BCUT2D eigenvalue weighted by Crippen LogP contribution is -2.31. The highest BCUT2D eigenvalue weighted by atomic mass is 16.5. The molecule has 0 unspecified atom stereocenters. The van der Waals surface area contributed by atoms with E-state index in [1.807, 2.05) is 7.05 Å². The van der Waals surface area contributed by atoms with Gasteiger partial charge in [0, 0.05) is 13.1 Å². The molecule has 0 aliphatic carbocycles. The van der Waals surface area contributed by atoms with Crippen molar-refractivity contribution in [3.05, 3.63) is 29.7 Å². The van der Waals surface area contributed by atoms with Gasteiger partial charge >= 0.3 is 0 Å². The molecule has 0 aliphatic rings. The third-order valence-corrected chi connectivity index (χ3v) is 3.47. The molecule has 0 radical (unpaired) electrons. The van der Waals surface area contributed by atoms with Gasteiger partial charge in [-0.1, -0.05) is 32.9 Å². The van der Waals surface area contributed by atoms with Crippen LogP contribution in [-0.4, -0.2) is 25.8 Å². The lowest BCUT2D eigenvalue weighted by atomic mass is 10.0. The van der Waals surface area contributed by atoms with Gasteiger partial charge in [-0.3, -0.25) is 9.48 Å². The predicted molar refractivity (Wildman–Crippen MR) is 85.7 cm³/mol. The van der Waals surface area contributed by atoms with Gasteiger partial charge in [0.25, 0.3) is 5.91 Å². The maximum Gasteiger partial charge on any atom is 0.290 e. The average Bonchev–Trinajstić information content (AvgIpc) is 3.05. The quantitative estimate of drug-likeness (QED) is 0.847. The van der Waals surface area contributed by atoms with Crippen molar-refractivity contribution in [3.63, 3.8) is 0 Å². The van der Waals surface area contributed by atoms with Crippen molar-refractivity contribution >= 4 is 5.91 Å². The van der Waals surface area contributed by atoms with Crippen LogP contribution in [0.15, 0.2) is 16.9 Å². The molecular weight excluding hydrogens is 294 g/mol. The maximum absolute atomic E-state index is 12.4. The van der Waals surface area contributed by atoms with Crippen LogP contribution in [0.1, 0.15) is 62.2 Å². The first-order valence-electron chi connectivity index (χ1n) is 7.97. The molecular formula is C16H25N5O2. The summed E-state index contributed by atoms with van der Waals surface area (Å²) in [5.41, 5.74) is 0.796. The normalized spacial score (nSPS) is 12.8. The zero-order chi connectivity index (χ0) is 17.0. The van der Waals surface area contributed by atoms with Crippen molar-refractivity contribution in [1.29, 1.82) is 0 Å². The Kier molecular flexibility index (Phi) is 5.52. The van der Waals surface area contributed by atoms with Gasteiger partial charge in [-0.15, -0.1) is 0 Å². The standard InChI is InChI=1S/C16H25N5O2/c1-10(2)6-12-8-14(23-20-12)16(22)19-13(7-11(3)4)15-17-9-18-21(15)5/h8-11,13H,6-7H2,1-5H3,(H,19,22)/t13-/m1/s1. The van der Waals surface area contributed by atoms with E-state index in [4.69, 9.17) is 4.52 Å². The van der Waals surface area contributed by atoms with Gasteiger partial charge < -0.3 is 9.84 Å². The summed E-state index contributed by atoms with van der Waals surface area (Å²) in [4.78, 5) is 16.7. The summed E-state index contributed by atoms with van der Waals surface area (Å²) in [6.07, 6.45) is 3.05. The number of hydrogen-bond acceptors (Lipinski definition) is 5. The molecule has 7 heteroatoms. The first kappa shape index (κ1) is 17.2. The van der Waals surface area contributed by atoms with Crippen LogP contribution in [0.2, 0.25) is 0 Å². The number of nitrogens with zero attached hydrogens (tertiary/aromatic N) is 4. The second kappa shape index (κ2) is 7.39. The van der Waals surface area contributed by atoms with Gasteiger partial charge in [0.2, 0.25) is 5.76 Å². The van der Waals surface area contributed by atoms with E-state index in [9.17, 15) is 4.79 Å². The second-order valence-electron chi connectivity index (χ2n) is 6.68. The van der Waals surface area contributed by atoms with Crippen molar-refractivity contribution in [2.24, 2.45) is 18.9 Å². The van der Waals surface area contributed by atoms with Crippen molar-refractivity contribution in [3.8, 4) is 0 Å². The number of nitrogens with one attached hydrogen (secondary N) is 1. The molecule has 0 saturated carbocycles. The molecule has 7 nitrogen and oxygen atoms in total. The van der Waals surface area contributed by atoms with E-state index in [1.54, 1.807) is 10.7 Å². The van der Waals surface area contributed by atoms with Crippen LogP contribution < -0.4 is 5.32 Å². The molecule has 0 aliphatic heterocycles. The van der Waals surface area contributed by atoms with Gasteiger partial charge in [0.15, 0.2) is 0 Å². The molecule has 1 amide bonds. The van der Waals surface area contributed by atoms with Crippen molar-refractivity contribution in [2.75, 3.05) is 0 Å². The van der Waals surface area contributed by atoms with Gasteiger partial charge in [0.1, 0.15) is 12.2 Å². The molecule has 0 aromatic carbocycles. The molecule has 1 atom stereocenters. The third-order valence-electron chi connectivity index (χ3n) is 3.47. The van der Waals surface area contributed by atoms with Crippen LogP contribution in [0.25, 0.3) is 0 Å². The fourth-order valence-electron chi connectivity index (χ4n) is 2.48. The van der Waals surface area contributed by atoms with E-state index < -0.39 is 0 Å². The Hall–Kier alpha value is -2.18. The molecule has 1 N–H and O–H groups in total. The Bertz CT molecular complexity index is 644. The number of aromatic nitrogens is 4. The number of amides is 1. The Morgan fingerprint density at radius 2 is 2.04 bits per heavy atom. The summed E-state index contributed by atoms with van der Waals surface area (Å²) >= 11 is 0. The SMILES string of the molecule is CC(C)Cc1cc(C(=O)N[C@H](CC(C)C)c2ncnn2C)on1. The minimum Gasteiger partial charge on any atom is -0.351 e. The molecule has 0 spiro atoms.